The molecule has 0 saturated heterocycles. The average Bonchev–Trinajstić information content (AvgIpc) is 2.88. The highest BCUT2D eigenvalue weighted by atomic mass is 16.5. The number of allylic oxidation sites excluding steroid dienone is 2. The van der Waals surface area contributed by atoms with Crippen LogP contribution in [0.25, 0.3) is 12.2 Å². The molecule has 1 aliphatic carbocycles. The molecule has 2 aromatic rings. The largest absolute Gasteiger partial charge is 0.493 e. The molecule has 3 heteroatoms. The molecule has 0 bridgehead atoms. The van der Waals surface area contributed by atoms with E-state index in [1.54, 1.807) is 0 Å². The predicted molar refractivity (Wildman–Crippen MR) is 147 cm³/mol. The Bertz CT molecular complexity index is 908. The maximum atomic E-state index is 13.4. The van der Waals surface area contributed by atoms with Crippen LogP contribution in [0, 0.1) is 0 Å². The molecule has 0 unspecified atom stereocenters. The van der Waals surface area contributed by atoms with Crippen molar-refractivity contribution in [2.45, 2.75) is 84.5 Å². The molecule has 0 aromatic heterocycles. The van der Waals surface area contributed by atoms with Crippen LogP contribution in [0.5, 0.6) is 11.5 Å². The number of Topliss-reactive ketones (excluding diaryl/α,β-unsaturated/α-hetero) is 1. The summed E-state index contributed by atoms with van der Waals surface area (Å²) in [5.41, 5.74) is 3.71. The molecule has 0 N–H and O–H groups in total. The summed E-state index contributed by atoms with van der Waals surface area (Å²) in [5.74, 6) is 1.87. The van der Waals surface area contributed by atoms with Gasteiger partial charge in [0.1, 0.15) is 11.5 Å². The SMILES string of the molecule is CCCCCCOc1ccccc1/C=C1\CCC/C(=C\c2ccccc2OCCCCCC)C1=O. The van der Waals surface area contributed by atoms with Gasteiger partial charge in [0, 0.05) is 22.3 Å². The van der Waals surface area contributed by atoms with Gasteiger partial charge in [-0.25, -0.2) is 0 Å². The van der Waals surface area contributed by atoms with Gasteiger partial charge in [0.2, 0.25) is 0 Å². The summed E-state index contributed by atoms with van der Waals surface area (Å²) < 4.78 is 12.1. The van der Waals surface area contributed by atoms with E-state index in [-0.39, 0.29) is 5.78 Å². The van der Waals surface area contributed by atoms with Gasteiger partial charge in [-0.2, -0.15) is 0 Å². The third-order valence-electron chi connectivity index (χ3n) is 6.48. The van der Waals surface area contributed by atoms with Crippen LogP contribution in [-0.2, 0) is 4.79 Å². The second kappa shape index (κ2) is 15.2. The van der Waals surface area contributed by atoms with Gasteiger partial charge in [-0.15, -0.1) is 0 Å². The molecule has 1 fully saturated rings. The lowest BCUT2D eigenvalue weighted by Gasteiger charge is -2.18. The molecule has 188 valence electrons. The minimum atomic E-state index is 0.145. The van der Waals surface area contributed by atoms with E-state index in [0.29, 0.717) is 13.2 Å². The fraction of sp³-hybridized carbons (Fsp3) is 0.469. The summed E-state index contributed by atoms with van der Waals surface area (Å²) in [6.07, 6.45) is 16.1. The van der Waals surface area contributed by atoms with Crippen molar-refractivity contribution in [1.29, 1.82) is 0 Å². The van der Waals surface area contributed by atoms with Crippen LogP contribution >= 0.6 is 0 Å². The van der Waals surface area contributed by atoms with Gasteiger partial charge in [0.05, 0.1) is 13.2 Å². The van der Waals surface area contributed by atoms with Gasteiger partial charge in [-0.1, -0.05) is 88.8 Å². The fourth-order valence-electron chi connectivity index (χ4n) is 4.44. The predicted octanol–water partition coefficient (Wildman–Crippen LogP) is 8.82. The van der Waals surface area contributed by atoms with Crippen molar-refractivity contribution in [2.75, 3.05) is 13.2 Å². The first-order chi connectivity index (χ1) is 17.2. The van der Waals surface area contributed by atoms with Crippen molar-refractivity contribution in [3.8, 4) is 11.5 Å². The molecule has 1 aliphatic rings. The highest BCUT2D eigenvalue weighted by Gasteiger charge is 2.21. The third kappa shape index (κ3) is 8.72. The van der Waals surface area contributed by atoms with E-state index in [4.69, 9.17) is 9.47 Å². The van der Waals surface area contributed by atoms with Gasteiger partial charge in [0.15, 0.2) is 5.78 Å². The van der Waals surface area contributed by atoms with E-state index in [1.165, 1.54) is 38.5 Å². The summed E-state index contributed by atoms with van der Waals surface area (Å²) in [4.78, 5) is 13.4. The van der Waals surface area contributed by atoms with E-state index < -0.39 is 0 Å². The lowest BCUT2D eigenvalue weighted by atomic mass is 9.86. The van der Waals surface area contributed by atoms with Crippen LogP contribution < -0.4 is 9.47 Å². The molecule has 35 heavy (non-hydrogen) atoms. The van der Waals surface area contributed by atoms with Crippen LogP contribution in [0.3, 0.4) is 0 Å². The zero-order valence-corrected chi connectivity index (χ0v) is 21.7. The summed E-state index contributed by atoms with van der Waals surface area (Å²) in [7, 11) is 0. The monoisotopic (exact) mass is 474 g/mol. The molecule has 1 saturated carbocycles. The highest BCUT2D eigenvalue weighted by molar-refractivity contribution is 6.14. The molecule has 0 atom stereocenters. The second-order valence-corrected chi connectivity index (χ2v) is 9.42. The Hall–Kier alpha value is -2.81. The topological polar surface area (TPSA) is 35.5 Å². The van der Waals surface area contributed by atoms with Crippen molar-refractivity contribution in [1.82, 2.24) is 0 Å². The van der Waals surface area contributed by atoms with Crippen molar-refractivity contribution in [2.24, 2.45) is 0 Å². The van der Waals surface area contributed by atoms with Crippen molar-refractivity contribution in [3.05, 3.63) is 70.8 Å². The zero-order chi connectivity index (χ0) is 24.7. The lowest BCUT2D eigenvalue weighted by Crippen LogP contribution is -2.12. The zero-order valence-electron chi connectivity index (χ0n) is 21.7. The van der Waals surface area contributed by atoms with E-state index in [2.05, 4.69) is 13.8 Å². The second-order valence-electron chi connectivity index (χ2n) is 9.42. The van der Waals surface area contributed by atoms with Gasteiger partial charge in [-0.05, 0) is 56.4 Å². The molecule has 0 heterocycles. The maximum Gasteiger partial charge on any atom is 0.185 e. The number of ketones is 1. The summed E-state index contributed by atoms with van der Waals surface area (Å²) in [6.45, 7) is 5.86. The Balaban J connectivity index is 1.71. The molecular formula is C32H42O3. The van der Waals surface area contributed by atoms with E-state index >= 15 is 0 Å². The minimum Gasteiger partial charge on any atom is -0.493 e. The average molecular weight is 475 g/mol. The molecule has 0 spiro atoms. The Morgan fingerprint density at radius 1 is 0.657 bits per heavy atom. The van der Waals surface area contributed by atoms with Crippen LogP contribution in [0.15, 0.2) is 59.7 Å². The van der Waals surface area contributed by atoms with Crippen molar-refractivity contribution in [3.63, 3.8) is 0 Å². The minimum absolute atomic E-state index is 0.145. The normalized spacial score (nSPS) is 16.1. The first-order valence-corrected chi connectivity index (χ1v) is 13.6. The van der Waals surface area contributed by atoms with Gasteiger partial charge in [-0.3, -0.25) is 4.79 Å². The molecule has 3 nitrogen and oxygen atoms in total. The Kier molecular flexibility index (Phi) is 11.7. The molecular weight excluding hydrogens is 432 g/mol. The quantitative estimate of drug-likeness (QED) is 0.203. The molecule has 3 rings (SSSR count). The fourth-order valence-corrected chi connectivity index (χ4v) is 4.44. The highest BCUT2D eigenvalue weighted by Crippen LogP contribution is 2.32. The number of hydrogen-bond acceptors (Lipinski definition) is 3. The van der Waals surface area contributed by atoms with Gasteiger partial charge in [0.25, 0.3) is 0 Å². The number of carbonyl (C=O) groups excluding carboxylic acids is 1. The van der Waals surface area contributed by atoms with E-state index in [1.807, 2.05) is 60.7 Å². The van der Waals surface area contributed by atoms with E-state index in [0.717, 1.165) is 65.9 Å². The van der Waals surface area contributed by atoms with E-state index in [9.17, 15) is 4.79 Å². The number of ether oxygens (including phenoxy) is 2. The molecule has 2 aromatic carbocycles. The number of hydrogen-bond donors (Lipinski definition) is 0. The number of rotatable bonds is 14. The van der Waals surface area contributed by atoms with Crippen LogP contribution in [-0.4, -0.2) is 19.0 Å². The number of para-hydroxylation sites is 2. The molecule has 0 amide bonds. The number of unbranched alkanes of at least 4 members (excludes halogenated alkanes) is 6. The van der Waals surface area contributed by atoms with Crippen LogP contribution in [0.2, 0.25) is 0 Å². The Morgan fingerprint density at radius 3 is 1.57 bits per heavy atom. The van der Waals surface area contributed by atoms with Gasteiger partial charge >= 0.3 is 0 Å². The van der Waals surface area contributed by atoms with Crippen LogP contribution in [0.4, 0.5) is 0 Å². The lowest BCUT2D eigenvalue weighted by molar-refractivity contribution is -0.112. The van der Waals surface area contributed by atoms with Crippen molar-refractivity contribution >= 4 is 17.9 Å². The van der Waals surface area contributed by atoms with Crippen molar-refractivity contribution < 1.29 is 14.3 Å². The number of benzene rings is 2. The standard InChI is InChI=1S/C32H42O3/c1-3-5-7-13-22-34-30-20-11-9-16-26(30)24-28-18-15-19-29(32(28)33)25-27-17-10-12-21-31(27)35-23-14-8-6-4-2/h9-12,16-17,20-21,24-25H,3-8,13-15,18-19,22-23H2,1-2H3/b28-24+,29-25+. The smallest absolute Gasteiger partial charge is 0.185 e. The van der Waals surface area contributed by atoms with Crippen LogP contribution in [0.1, 0.15) is 95.6 Å². The summed E-state index contributed by atoms with van der Waals surface area (Å²) in [6, 6.07) is 16.1. The third-order valence-corrected chi connectivity index (χ3v) is 6.48. The summed E-state index contributed by atoms with van der Waals surface area (Å²) >= 11 is 0. The maximum absolute atomic E-state index is 13.4. The first kappa shape index (κ1) is 26.8. The Labute approximate surface area is 212 Å². The molecule has 0 aliphatic heterocycles. The molecule has 0 radical (unpaired) electrons. The summed E-state index contributed by atoms with van der Waals surface area (Å²) in [5, 5.41) is 0. The Morgan fingerprint density at radius 2 is 1.11 bits per heavy atom. The van der Waals surface area contributed by atoms with Gasteiger partial charge < -0.3 is 9.47 Å². The first-order valence-electron chi connectivity index (χ1n) is 13.6. The number of carbonyl (C=O) groups is 1.